The third-order valence-corrected chi connectivity index (χ3v) is 18.5. The predicted molar refractivity (Wildman–Crippen MR) is 422 cm³/mol. The Morgan fingerprint density at radius 3 is 0.402 bits per heavy atom. The molecule has 0 amide bonds. The summed E-state index contributed by atoms with van der Waals surface area (Å²) >= 11 is 0. The van der Waals surface area contributed by atoms with Gasteiger partial charge in [0.05, 0.1) is 0 Å². The minimum absolute atomic E-state index is 0.259. The number of benzene rings is 12. The third-order valence-electron chi connectivity index (χ3n) is 18.5. The van der Waals surface area contributed by atoms with E-state index in [2.05, 4.69) is 294 Å². The first kappa shape index (κ1) is 68.4. The molecular weight excluding hydrogens is 1250 g/mol. The Labute approximate surface area is 601 Å². The number of ether oxygens (including phenoxy) is 6. The van der Waals surface area contributed by atoms with Gasteiger partial charge in [0, 0.05) is 38.5 Å². The second kappa shape index (κ2) is 33.2. The van der Waals surface area contributed by atoms with Crippen molar-refractivity contribution >= 4 is 0 Å². The Bertz CT molecular complexity index is 4010. The summed E-state index contributed by atoms with van der Waals surface area (Å²) in [6, 6.07) is 91.1. The van der Waals surface area contributed by atoms with Gasteiger partial charge in [-0.05, 0) is 206 Å². The maximum atomic E-state index is 7.15. The lowest BCUT2D eigenvalue weighted by Gasteiger charge is -2.25. The minimum atomic E-state index is 0.259. The highest BCUT2D eigenvalue weighted by Crippen LogP contribution is 2.46. The van der Waals surface area contributed by atoms with Crippen molar-refractivity contribution in [3.8, 4) is 101 Å². The molecule has 12 bridgehead atoms. The largest absolute Gasteiger partial charge is 0.489 e. The van der Waals surface area contributed by atoms with Crippen LogP contribution in [0.3, 0.4) is 0 Å². The van der Waals surface area contributed by atoms with E-state index in [1.165, 1.54) is 0 Å². The standard InChI is InChI=1S/C96H84O6/c1-7-43-97-91-79-49-73(67-31-19-13-20-32-67)50-80(91)62-82-52-75(69-35-23-15-24-36-69)54-84(93(82)99-45-9-3)64-86-56-77(71-39-27-17-28-40-71)58-88(95(86)101-47-11-5)66-90-60-78(72-41-29-18-30-42-72)59-89(96(90)102-48-12-6)65-87-57-76(70-37-25-16-26-38-70)55-85(94(87)100-46-10-4)63-83-53-74(68-33-21-14-22-34-68)51-81(61-79)92(83)98-44-8-2/h7-42,49-60H,1-6,43-48,61-66H2. The molecule has 6 heteroatoms. The highest BCUT2D eigenvalue weighted by atomic mass is 16.5. The van der Waals surface area contributed by atoms with Crippen molar-refractivity contribution in [1.82, 2.24) is 0 Å². The van der Waals surface area contributed by atoms with Gasteiger partial charge in [-0.1, -0.05) is 258 Å². The maximum absolute atomic E-state index is 7.15. The first-order valence-electron chi connectivity index (χ1n) is 35.0. The molecule has 1 aliphatic rings. The summed E-state index contributed by atoms with van der Waals surface area (Å²) in [5.74, 6) is 4.51. The first-order valence-corrected chi connectivity index (χ1v) is 35.0. The molecule has 504 valence electrons. The van der Waals surface area contributed by atoms with Crippen molar-refractivity contribution in [2.75, 3.05) is 39.6 Å². The monoisotopic (exact) mass is 1330 g/mol. The maximum Gasteiger partial charge on any atom is 0.126 e. The van der Waals surface area contributed by atoms with E-state index in [4.69, 9.17) is 28.4 Å². The van der Waals surface area contributed by atoms with Gasteiger partial charge in [-0.2, -0.15) is 0 Å². The SMILES string of the molecule is C=CCOc1c2cc(-c3ccccc3)cc1Cc1cc(-c3ccccc3)cc(c1OCC=C)Cc1cc(-c3ccccc3)cc(c1OCC=C)Cc1cc(-c3ccccc3)cc(c1OCC=C)Cc1cc(-c3ccccc3)cc(c1OCC=C)Cc1cc(-c3ccccc3)cc(c1OCC=C)C2. The van der Waals surface area contributed by atoms with Gasteiger partial charge in [0.25, 0.3) is 0 Å². The molecule has 0 heterocycles. The van der Waals surface area contributed by atoms with E-state index in [9.17, 15) is 0 Å². The molecule has 0 aliphatic heterocycles. The normalized spacial score (nSPS) is 11.8. The number of hydrogen-bond acceptors (Lipinski definition) is 6. The Morgan fingerprint density at radius 2 is 0.294 bits per heavy atom. The summed E-state index contributed by atoms with van der Waals surface area (Å²) in [5.41, 5.74) is 24.3. The summed E-state index contributed by atoms with van der Waals surface area (Å²) < 4.78 is 42.9. The molecule has 0 unspecified atom stereocenters. The Balaban J connectivity index is 1.17. The van der Waals surface area contributed by atoms with Crippen molar-refractivity contribution in [3.05, 3.63) is 397 Å². The van der Waals surface area contributed by atoms with E-state index in [0.717, 1.165) is 168 Å². The average molecular weight is 1330 g/mol. The van der Waals surface area contributed by atoms with Gasteiger partial charge in [0.15, 0.2) is 0 Å². The van der Waals surface area contributed by atoms with Crippen molar-refractivity contribution in [1.29, 1.82) is 0 Å². The van der Waals surface area contributed by atoms with Crippen molar-refractivity contribution < 1.29 is 28.4 Å². The summed E-state index contributed by atoms with van der Waals surface area (Å²) in [4.78, 5) is 0. The molecule has 12 aromatic rings. The van der Waals surface area contributed by atoms with Gasteiger partial charge in [-0.25, -0.2) is 0 Å². The molecule has 0 fully saturated rings. The van der Waals surface area contributed by atoms with Crippen LogP contribution < -0.4 is 28.4 Å². The Kier molecular flexibility index (Phi) is 22.2. The molecule has 13 rings (SSSR count). The van der Waals surface area contributed by atoms with Gasteiger partial charge in [-0.15, -0.1) is 0 Å². The zero-order chi connectivity index (χ0) is 70.0. The van der Waals surface area contributed by atoms with Crippen LogP contribution in [0.15, 0.2) is 331 Å². The molecule has 0 radical (unpaired) electrons. The highest BCUT2D eigenvalue weighted by molar-refractivity contribution is 5.77. The van der Waals surface area contributed by atoms with E-state index in [0.29, 0.717) is 38.5 Å². The van der Waals surface area contributed by atoms with Crippen LogP contribution in [0.25, 0.3) is 66.8 Å². The fourth-order valence-electron chi connectivity index (χ4n) is 14.1. The Hall–Kier alpha value is -12.1. The van der Waals surface area contributed by atoms with E-state index in [1.807, 2.05) is 36.5 Å². The molecule has 1 aliphatic carbocycles. The molecular formula is C96H84O6. The molecule has 0 saturated heterocycles. The summed E-state index contributed by atoms with van der Waals surface area (Å²) in [6.07, 6.45) is 13.4. The van der Waals surface area contributed by atoms with Crippen molar-refractivity contribution in [2.24, 2.45) is 0 Å². The lowest BCUT2D eigenvalue weighted by atomic mass is 9.86. The molecule has 0 atom stereocenters. The van der Waals surface area contributed by atoms with Crippen LogP contribution in [0.1, 0.15) is 66.8 Å². The molecule has 102 heavy (non-hydrogen) atoms. The van der Waals surface area contributed by atoms with Gasteiger partial charge >= 0.3 is 0 Å². The van der Waals surface area contributed by atoms with Gasteiger partial charge < -0.3 is 28.4 Å². The number of rotatable bonds is 24. The van der Waals surface area contributed by atoms with Crippen LogP contribution >= 0.6 is 0 Å². The van der Waals surface area contributed by atoms with Gasteiger partial charge in [0.1, 0.15) is 74.1 Å². The smallest absolute Gasteiger partial charge is 0.126 e. The second-order valence-corrected chi connectivity index (χ2v) is 25.6. The Morgan fingerprint density at radius 1 is 0.176 bits per heavy atom. The predicted octanol–water partition coefficient (Wildman–Crippen LogP) is 22.9. The van der Waals surface area contributed by atoms with Crippen LogP contribution in [-0.2, 0) is 38.5 Å². The molecule has 6 nitrogen and oxygen atoms in total. The first-order chi connectivity index (χ1) is 50.3. The summed E-state index contributed by atoms with van der Waals surface area (Å²) in [7, 11) is 0. The fourth-order valence-corrected chi connectivity index (χ4v) is 14.1. The van der Waals surface area contributed by atoms with Crippen LogP contribution in [-0.4, -0.2) is 39.6 Å². The van der Waals surface area contributed by atoms with E-state index >= 15 is 0 Å². The zero-order valence-electron chi connectivity index (χ0n) is 57.9. The molecule has 0 saturated carbocycles. The van der Waals surface area contributed by atoms with Crippen molar-refractivity contribution in [2.45, 2.75) is 38.5 Å². The number of fused-ring (bicyclic) bond motifs is 12. The summed E-state index contributed by atoms with van der Waals surface area (Å²) in [6.45, 7) is 26.8. The van der Waals surface area contributed by atoms with Gasteiger partial charge in [0.2, 0.25) is 0 Å². The molecule has 0 aromatic heterocycles. The van der Waals surface area contributed by atoms with E-state index in [1.54, 1.807) is 0 Å². The quantitative estimate of drug-likeness (QED) is 0.0562. The molecule has 0 N–H and O–H groups in total. The van der Waals surface area contributed by atoms with Crippen LogP contribution in [0.2, 0.25) is 0 Å². The van der Waals surface area contributed by atoms with Crippen LogP contribution in [0, 0.1) is 0 Å². The average Bonchev–Trinajstić information content (AvgIpc) is 0.769. The lowest BCUT2D eigenvalue weighted by Crippen LogP contribution is -2.10. The molecule has 12 aromatic carbocycles. The fraction of sp³-hybridized carbons (Fsp3) is 0.125. The van der Waals surface area contributed by atoms with Crippen LogP contribution in [0.5, 0.6) is 34.5 Å². The topological polar surface area (TPSA) is 55.4 Å². The summed E-state index contributed by atoms with van der Waals surface area (Å²) in [5, 5.41) is 0. The third kappa shape index (κ3) is 16.0. The minimum Gasteiger partial charge on any atom is -0.489 e. The van der Waals surface area contributed by atoms with Crippen LogP contribution in [0.4, 0.5) is 0 Å². The van der Waals surface area contributed by atoms with Gasteiger partial charge in [-0.3, -0.25) is 0 Å². The van der Waals surface area contributed by atoms with E-state index in [-0.39, 0.29) is 39.6 Å². The van der Waals surface area contributed by atoms with E-state index < -0.39 is 0 Å². The number of hydrogen-bond donors (Lipinski definition) is 0. The highest BCUT2D eigenvalue weighted by Gasteiger charge is 2.27. The molecule has 0 spiro atoms. The lowest BCUT2D eigenvalue weighted by molar-refractivity contribution is 0.348. The van der Waals surface area contributed by atoms with Crippen molar-refractivity contribution in [3.63, 3.8) is 0 Å². The second-order valence-electron chi connectivity index (χ2n) is 25.6. The zero-order valence-corrected chi connectivity index (χ0v) is 57.9.